The maximum Gasteiger partial charge on any atom is 0.251 e. The summed E-state index contributed by atoms with van der Waals surface area (Å²) in [6, 6.07) is 12.4. The van der Waals surface area contributed by atoms with Gasteiger partial charge in [0, 0.05) is 41.1 Å². The summed E-state index contributed by atoms with van der Waals surface area (Å²) < 4.78 is 6.28. The number of benzene rings is 2. The summed E-state index contributed by atoms with van der Waals surface area (Å²) in [7, 11) is 0. The first-order valence-electron chi connectivity index (χ1n) is 8.99. The van der Waals surface area contributed by atoms with Crippen LogP contribution in [0.2, 0.25) is 5.02 Å². The van der Waals surface area contributed by atoms with Crippen LogP contribution in [0.1, 0.15) is 16.8 Å². The van der Waals surface area contributed by atoms with Crippen LogP contribution in [-0.4, -0.2) is 44.7 Å². The molecule has 0 bridgehead atoms. The highest BCUT2D eigenvalue weighted by molar-refractivity contribution is 9.10. The standard InChI is InChI=1S/C20H21BrClN3O3/c21-15-3-6-18(25-9-11-28-12-10-25)17(13-15)24-19(26)7-8-23-20(27)14-1-4-16(22)5-2-14/h1-6,13H,7-12H2,(H,23,27)(H,24,26). The Bertz CT molecular complexity index is 839. The van der Waals surface area contributed by atoms with Crippen LogP contribution in [0.5, 0.6) is 0 Å². The number of carbonyl (C=O) groups excluding carboxylic acids is 2. The van der Waals surface area contributed by atoms with Gasteiger partial charge in [-0.1, -0.05) is 27.5 Å². The van der Waals surface area contributed by atoms with Gasteiger partial charge in [-0.05, 0) is 42.5 Å². The molecule has 2 amide bonds. The normalized spacial score (nSPS) is 13.9. The Hall–Kier alpha value is -2.09. The molecule has 2 aromatic carbocycles. The molecule has 0 unspecified atom stereocenters. The van der Waals surface area contributed by atoms with E-state index in [0.29, 0.717) is 23.8 Å². The van der Waals surface area contributed by atoms with E-state index in [2.05, 4.69) is 31.5 Å². The zero-order valence-corrected chi connectivity index (χ0v) is 17.6. The number of carbonyl (C=O) groups is 2. The maximum atomic E-state index is 12.4. The van der Waals surface area contributed by atoms with Crippen LogP contribution >= 0.6 is 27.5 Å². The minimum absolute atomic E-state index is 0.163. The van der Waals surface area contributed by atoms with Gasteiger partial charge in [0.05, 0.1) is 24.6 Å². The molecule has 1 aliphatic heterocycles. The number of morpholine rings is 1. The van der Waals surface area contributed by atoms with Crippen molar-refractivity contribution < 1.29 is 14.3 Å². The number of halogens is 2. The Morgan fingerprint density at radius 2 is 1.82 bits per heavy atom. The summed E-state index contributed by atoms with van der Waals surface area (Å²) in [6.45, 7) is 3.14. The zero-order valence-electron chi connectivity index (χ0n) is 15.2. The van der Waals surface area contributed by atoms with E-state index in [4.69, 9.17) is 16.3 Å². The van der Waals surface area contributed by atoms with E-state index >= 15 is 0 Å². The lowest BCUT2D eigenvalue weighted by Gasteiger charge is -2.30. The van der Waals surface area contributed by atoms with Gasteiger partial charge in [-0.2, -0.15) is 0 Å². The van der Waals surface area contributed by atoms with Crippen LogP contribution in [0.3, 0.4) is 0 Å². The molecule has 6 nitrogen and oxygen atoms in total. The molecular weight excluding hydrogens is 446 g/mol. The lowest BCUT2D eigenvalue weighted by Crippen LogP contribution is -2.36. The SMILES string of the molecule is O=C(CCNC(=O)c1ccc(Cl)cc1)Nc1cc(Br)ccc1N1CCOCC1. The van der Waals surface area contributed by atoms with Crippen molar-refractivity contribution in [2.24, 2.45) is 0 Å². The predicted molar refractivity (Wildman–Crippen MR) is 114 cm³/mol. The van der Waals surface area contributed by atoms with Crippen molar-refractivity contribution in [1.29, 1.82) is 0 Å². The molecule has 148 valence electrons. The lowest BCUT2D eigenvalue weighted by molar-refractivity contribution is -0.116. The van der Waals surface area contributed by atoms with Crippen LogP contribution in [-0.2, 0) is 9.53 Å². The number of hydrogen-bond donors (Lipinski definition) is 2. The van der Waals surface area contributed by atoms with Gasteiger partial charge in [-0.25, -0.2) is 0 Å². The van der Waals surface area contributed by atoms with E-state index in [-0.39, 0.29) is 24.8 Å². The van der Waals surface area contributed by atoms with Crippen molar-refractivity contribution in [3.63, 3.8) is 0 Å². The van der Waals surface area contributed by atoms with Gasteiger partial charge in [0.1, 0.15) is 0 Å². The maximum absolute atomic E-state index is 12.4. The quantitative estimate of drug-likeness (QED) is 0.681. The van der Waals surface area contributed by atoms with E-state index < -0.39 is 0 Å². The van der Waals surface area contributed by atoms with Gasteiger partial charge < -0.3 is 20.3 Å². The fourth-order valence-electron chi connectivity index (χ4n) is 2.89. The minimum Gasteiger partial charge on any atom is -0.378 e. The molecule has 1 aliphatic rings. The van der Waals surface area contributed by atoms with E-state index in [1.54, 1.807) is 24.3 Å². The Morgan fingerprint density at radius 3 is 2.54 bits per heavy atom. The fraction of sp³-hybridized carbons (Fsp3) is 0.300. The van der Waals surface area contributed by atoms with Crippen molar-refractivity contribution in [2.45, 2.75) is 6.42 Å². The second-order valence-corrected chi connectivity index (χ2v) is 7.67. The molecule has 0 spiro atoms. The number of hydrogen-bond acceptors (Lipinski definition) is 4. The van der Waals surface area contributed by atoms with Crippen LogP contribution in [0.4, 0.5) is 11.4 Å². The fourth-order valence-corrected chi connectivity index (χ4v) is 3.38. The molecule has 0 saturated carbocycles. The Balaban J connectivity index is 1.55. The van der Waals surface area contributed by atoms with Crippen LogP contribution in [0, 0.1) is 0 Å². The molecule has 0 atom stereocenters. The van der Waals surface area contributed by atoms with E-state index in [0.717, 1.165) is 28.9 Å². The summed E-state index contributed by atoms with van der Waals surface area (Å²) in [5.74, 6) is -0.398. The molecule has 1 heterocycles. The largest absolute Gasteiger partial charge is 0.378 e. The highest BCUT2D eigenvalue weighted by atomic mass is 79.9. The van der Waals surface area contributed by atoms with Crippen molar-refractivity contribution in [3.05, 3.63) is 57.5 Å². The highest BCUT2D eigenvalue weighted by Crippen LogP contribution is 2.30. The lowest BCUT2D eigenvalue weighted by atomic mass is 10.2. The van der Waals surface area contributed by atoms with Crippen LogP contribution < -0.4 is 15.5 Å². The molecule has 0 aliphatic carbocycles. The van der Waals surface area contributed by atoms with Crippen LogP contribution in [0.15, 0.2) is 46.9 Å². The second-order valence-electron chi connectivity index (χ2n) is 6.32. The number of rotatable bonds is 6. The molecule has 3 rings (SSSR count). The molecular formula is C20H21BrClN3O3. The molecule has 2 aromatic rings. The summed E-state index contributed by atoms with van der Waals surface area (Å²) >= 11 is 9.27. The van der Waals surface area contributed by atoms with Gasteiger partial charge in [-0.15, -0.1) is 0 Å². The average Bonchev–Trinajstić information content (AvgIpc) is 2.69. The van der Waals surface area contributed by atoms with Gasteiger partial charge in [0.2, 0.25) is 5.91 Å². The summed E-state index contributed by atoms with van der Waals surface area (Å²) in [5, 5.41) is 6.27. The number of ether oxygens (including phenoxy) is 1. The van der Waals surface area contributed by atoms with Gasteiger partial charge in [0.15, 0.2) is 0 Å². The zero-order chi connectivity index (χ0) is 19.9. The predicted octanol–water partition coefficient (Wildman–Crippen LogP) is 3.70. The third-order valence-electron chi connectivity index (χ3n) is 4.33. The summed E-state index contributed by atoms with van der Waals surface area (Å²) in [6.07, 6.45) is 0.175. The van der Waals surface area contributed by atoms with Crippen molar-refractivity contribution in [2.75, 3.05) is 43.1 Å². The average molecular weight is 467 g/mol. The van der Waals surface area contributed by atoms with Crippen molar-refractivity contribution in [1.82, 2.24) is 5.32 Å². The molecule has 0 aromatic heterocycles. The molecule has 28 heavy (non-hydrogen) atoms. The highest BCUT2D eigenvalue weighted by Gasteiger charge is 2.16. The Kier molecular flexibility index (Phi) is 7.30. The van der Waals surface area contributed by atoms with Crippen molar-refractivity contribution in [3.8, 4) is 0 Å². The summed E-state index contributed by atoms with van der Waals surface area (Å²) in [5.41, 5.74) is 2.21. The van der Waals surface area contributed by atoms with E-state index in [9.17, 15) is 9.59 Å². The third kappa shape index (κ3) is 5.70. The summed E-state index contributed by atoms with van der Waals surface area (Å²) in [4.78, 5) is 26.7. The third-order valence-corrected chi connectivity index (χ3v) is 5.07. The molecule has 2 N–H and O–H groups in total. The molecule has 8 heteroatoms. The Morgan fingerprint density at radius 1 is 1.11 bits per heavy atom. The Labute approximate surface area is 177 Å². The van der Waals surface area contributed by atoms with E-state index in [1.165, 1.54) is 0 Å². The van der Waals surface area contributed by atoms with Gasteiger partial charge in [0.25, 0.3) is 5.91 Å². The molecule has 1 saturated heterocycles. The molecule has 0 radical (unpaired) electrons. The van der Waals surface area contributed by atoms with Crippen LogP contribution in [0.25, 0.3) is 0 Å². The first-order chi connectivity index (χ1) is 13.5. The second kappa shape index (κ2) is 9.91. The number of amides is 2. The monoisotopic (exact) mass is 465 g/mol. The molecule has 1 fully saturated rings. The minimum atomic E-state index is -0.235. The topological polar surface area (TPSA) is 70.7 Å². The number of anilines is 2. The van der Waals surface area contributed by atoms with Gasteiger partial charge >= 0.3 is 0 Å². The number of nitrogens with one attached hydrogen (secondary N) is 2. The van der Waals surface area contributed by atoms with Crippen molar-refractivity contribution >= 4 is 50.7 Å². The van der Waals surface area contributed by atoms with Gasteiger partial charge in [-0.3, -0.25) is 9.59 Å². The first kappa shape index (κ1) is 20.6. The smallest absolute Gasteiger partial charge is 0.251 e. The first-order valence-corrected chi connectivity index (χ1v) is 10.2. The number of nitrogens with zero attached hydrogens (tertiary/aromatic N) is 1. The van der Waals surface area contributed by atoms with E-state index in [1.807, 2.05) is 18.2 Å².